The van der Waals surface area contributed by atoms with Crippen molar-refractivity contribution in [3.05, 3.63) is 39.9 Å². The van der Waals surface area contributed by atoms with Crippen LogP contribution in [0.5, 0.6) is 0 Å². The summed E-state index contributed by atoms with van der Waals surface area (Å²) in [5.41, 5.74) is 1.65. The van der Waals surface area contributed by atoms with E-state index in [9.17, 15) is 4.79 Å². The molecule has 3 nitrogen and oxygen atoms in total. The van der Waals surface area contributed by atoms with Crippen LogP contribution in [-0.2, 0) is 0 Å². The smallest absolute Gasteiger partial charge is 0.263 e. The third-order valence-corrected chi connectivity index (χ3v) is 6.05. The highest BCUT2D eigenvalue weighted by molar-refractivity contribution is 7.17. The van der Waals surface area contributed by atoms with E-state index in [1.807, 2.05) is 31.2 Å². The third-order valence-electron chi connectivity index (χ3n) is 4.54. The van der Waals surface area contributed by atoms with Gasteiger partial charge in [-0.3, -0.25) is 4.79 Å². The van der Waals surface area contributed by atoms with E-state index in [1.165, 1.54) is 30.6 Å². The summed E-state index contributed by atoms with van der Waals surface area (Å²) in [6.07, 6.45) is 4.73. The topological polar surface area (TPSA) is 42.0 Å². The van der Waals surface area contributed by atoms with Gasteiger partial charge in [0.1, 0.15) is 9.88 Å². The summed E-state index contributed by atoms with van der Waals surface area (Å²) >= 11 is 7.66. The average Bonchev–Trinajstić information content (AvgIpc) is 2.92. The van der Waals surface area contributed by atoms with Gasteiger partial charge in [0.05, 0.1) is 10.7 Å². The first-order chi connectivity index (χ1) is 11.1. The molecule has 122 valence electrons. The minimum Gasteiger partial charge on any atom is -0.348 e. The van der Waals surface area contributed by atoms with Gasteiger partial charge in [-0.05, 0) is 31.7 Å². The molecule has 0 radical (unpaired) electrons. The molecule has 1 fully saturated rings. The molecule has 1 amide bonds. The molecule has 2 aromatic rings. The number of rotatable bonds is 3. The van der Waals surface area contributed by atoms with E-state index < -0.39 is 0 Å². The van der Waals surface area contributed by atoms with Crippen molar-refractivity contribution in [2.45, 2.75) is 45.6 Å². The second-order valence-corrected chi connectivity index (χ2v) is 7.66. The van der Waals surface area contributed by atoms with E-state index in [2.05, 4.69) is 17.2 Å². The summed E-state index contributed by atoms with van der Waals surface area (Å²) in [5, 5.41) is 4.67. The second-order valence-electron chi connectivity index (χ2n) is 6.26. The maximum Gasteiger partial charge on any atom is 0.263 e. The van der Waals surface area contributed by atoms with Gasteiger partial charge in [0.15, 0.2) is 0 Å². The Morgan fingerprint density at radius 2 is 2.04 bits per heavy atom. The van der Waals surface area contributed by atoms with Crippen molar-refractivity contribution in [1.29, 1.82) is 0 Å². The lowest BCUT2D eigenvalue weighted by molar-refractivity contribution is 0.0913. The molecule has 1 saturated carbocycles. The SMILES string of the molecule is Cc1nc(-c2ccccc2Cl)sc1C(=O)NC1CCCCC1C. The molecule has 23 heavy (non-hydrogen) atoms. The highest BCUT2D eigenvalue weighted by atomic mass is 35.5. The predicted molar refractivity (Wildman–Crippen MR) is 96.2 cm³/mol. The molecule has 0 spiro atoms. The minimum absolute atomic E-state index is 0.00273. The molecule has 0 aliphatic heterocycles. The lowest BCUT2D eigenvalue weighted by Gasteiger charge is -2.29. The minimum atomic E-state index is -0.00273. The normalized spacial score (nSPS) is 21.2. The fraction of sp³-hybridized carbons (Fsp3) is 0.444. The number of benzene rings is 1. The molecule has 1 heterocycles. The number of hydrogen-bond donors (Lipinski definition) is 1. The van der Waals surface area contributed by atoms with Gasteiger partial charge in [-0.1, -0.05) is 49.6 Å². The quantitative estimate of drug-likeness (QED) is 0.840. The van der Waals surface area contributed by atoms with Crippen LogP contribution in [0.1, 0.15) is 48.0 Å². The zero-order valence-electron chi connectivity index (χ0n) is 13.4. The van der Waals surface area contributed by atoms with Gasteiger partial charge in [0, 0.05) is 11.6 Å². The Balaban J connectivity index is 1.80. The zero-order valence-corrected chi connectivity index (χ0v) is 15.0. The van der Waals surface area contributed by atoms with Crippen molar-refractivity contribution in [2.75, 3.05) is 0 Å². The maximum atomic E-state index is 12.6. The molecular formula is C18H21ClN2OS. The van der Waals surface area contributed by atoms with Crippen LogP contribution >= 0.6 is 22.9 Å². The molecule has 1 aromatic carbocycles. The molecule has 1 N–H and O–H groups in total. The Labute approximate surface area is 146 Å². The number of aromatic nitrogens is 1. The number of aryl methyl sites for hydroxylation is 1. The Hall–Kier alpha value is -1.39. The van der Waals surface area contributed by atoms with E-state index in [4.69, 9.17) is 11.6 Å². The van der Waals surface area contributed by atoms with Crippen molar-refractivity contribution in [3.63, 3.8) is 0 Å². The van der Waals surface area contributed by atoms with Gasteiger partial charge in [-0.25, -0.2) is 4.98 Å². The van der Waals surface area contributed by atoms with Crippen LogP contribution in [-0.4, -0.2) is 16.9 Å². The fourth-order valence-corrected chi connectivity index (χ4v) is 4.41. The molecule has 5 heteroatoms. The molecule has 3 rings (SSSR count). The van der Waals surface area contributed by atoms with E-state index in [0.717, 1.165) is 22.7 Å². The van der Waals surface area contributed by atoms with Crippen LogP contribution in [0, 0.1) is 12.8 Å². The maximum absolute atomic E-state index is 12.6. The first kappa shape index (κ1) is 16.5. The molecular weight excluding hydrogens is 328 g/mol. The lowest BCUT2D eigenvalue weighted by Crippen LogP contribution is -2.40. The highest BCUT2D eigenvalue weighted by Crippen LogP contribution is 2.33. The first-order valence-corrected chi connectivity index (χ1v) is 9.29. The summed E-state index contributed by atoms with van der Waals surface area (Å²) in [6, 6.07) is 7.88. The molecule has 2 atom stereocenters. The monoisotopic (exact) mass is 348 g/mol. The van der Waals surface area contributed by atoms with Gasteiger partial charge >= 0.3 is 0 Å². The summed E-state index contributed by atoms with van der Waals surface area (Å²) < 4.78 is 0. The highest BCUT2D eigenvalue weighted by Gasteiger charge is 2.25. The van der Waals surface area contributed by atoms with Crippen molar-refractivity contribution >= 4 is 28.8 Å². The van der Waals surface area contributed by atoms with Gasteiger partial charge < -0.3 is 5.32 Å². The van der Waals surface area contributed by atoms with Crippen molar-refractivity contribution in [2.24, 2.45) is 5.92 Å². The number of hydrogen-bond acceptors (Lipinski definition) is 3. The Morgan fingerprint density at radius 1 is 1.30 bits per heavy atom. The third kappa shape index (κ3) is 3.59. The average molecular weight is 349 g/mol. The van der Waals surface area contributed by atoms with E-state index in [0.29, 0.717) is 15.8 Å². The summed E-state index contributed by atoms with van der Waals surface area (Å²) in [5.74, 6) is 0.543. The summed E-state index contributed by atoms with van der Waals surface area (Å²) in [7, 11) is 0. The van der Waals surface area contributed by atoms with Crippen molar-refractivity contribution in [3.8, 4) is 10.6 Å². The summed E-state index contributed by atoms with van der Waals surface area (Å²) in [4.78, 5) is 17.9. The largest absolute Gasteiger partial charge is 0.348 e. The second kappa shape index (κ2) is 7.02. The predicted octanol–water partition coefficient (Wildman–Crippen LogP) is 5.08. The van der Waals surface area contributed by atoms with Crippen molar-refractivity contribution < 1.29 is 4.79 Å². The molecule has 1 aliphatic carbocycles. The Kier molecular flexibility index (Phi) is 5.02. The number of carbonyl (C=O) groups excluding carboxylic acids is 1. The Morgan fingerprint density at radius 3 is 2.78 bits per heavy atom. The van der Waals surface area contributed by atoms with Crippen LogP contribution in [0.15, 0.2) is 24.3 Å². The number of nitrogens with one attached hydrogen (secondary N) is 1. The standard InChI is InChI=1S/C18H21ClN2OS/c1-11-7-3-6-10-15(11)21-17(22)16-12(2)20-18(23-16)13-8-4-5-9-14(13)19/h4-5,8-9,11,15H,3,6-7,10H2,1-2H3,(H,21,22). The van der Waals surface area contributed by atoms with E-state index >= 15 is 0 Å². The van der Waals surface area contributed by atoms with E-state index in [-0.39, 0.29) is 11.9 Å². The van der Waals surface area contributed by atoms with Crippen LogP contribution in [0.2, 0.25) is 5.02 Å². The molecule has 2 unspecified atom stereocenters. The number of amides is 1. The van der Waals surface area contributed by atoms with Crippen LogP contribution in [0.25, 0.3) is 10.6 Å². The number of thiazole rings is 1. The van der Waals surface area contributed by atoms with Crippen LogP contribution in [0.3, 0.4) is 0 Å². The Bertz CT molecular complexity index is 713. The number of halogens is 1. The van der Waals surface area contributed by atoms with Crippen LogP contribution < -0.4 is 5.32 Å². The molecule has 0 saturated heterocycles. The first-order valence-electron chi connectivity index (χ1n) is 8.09. The molecule has 1 aliphatic rings. The number of carbonyl (C=O) groups is 1. The van der Waals surface area contributed by atoms with E-state index in [1.54, 1.807) is 0 Å². The van der Waals surface area contributed by atoms with Gasteiger partial charge in [0.25, 0.3) is 5.91 Å². The molecule has 1 aromatic heterocycles. The summed E-state index contributed by atoms with van der Waals surface area (Å²) in [6.45, 7) is 4.11. The van der Waals surface area contributed by atoms with Crippen molar-refractivity contribution in [1.82, 2.24) is 10.3 Å². The lowest BCUT2D eigenvalue weighted by atomic mass is 9.86. The zero-order chi connectivity index (χ0) is 16.4. The number of nitrogens with zero attached hydrogens (tertiary/aromatic N) is 1. The molecule has 0 bridgehead atoms. The van der Waals surface area contributed by atoms with Gasteiger partial charge in [0.2, 0.25) is 0 Å². The van der Waals surface area contributed by atoms with Crippen LogP contribution in [0.4, 0.5) is 0 Å². The van der Waals surface area contributed by atoms with Gasteiger partial charge in [-0.2, -0.15) is 0 Å². The fourth-order valence-electron chi connectivity index (χ4n) is 3.12. The van der Waals surface area contributed by atoms with Gasteiger partial charge in [-0.15, -0.1) is 11.3 Å².